The number of aromatic nitrogens is 1. The van der Waals surface area contributed by atoms with Crippen LogP contribution in [0.25, 0.3) is 10.9 Å². The summed E-state index contributed by atoms with van der Waals surface area (Å²) >= 11 is 0. The lowest BCUT2D eigenvalue weighted by molar-refractivity contribution is -0.384. The molecule has 7 heteroatoms. The molecule has 3 aromatic rings. The quantitative estimate of drug-likeness (QED) is 0.524. The van der Waals surface area contributed by atoms with E-state index in [1.54, 1.807) is 4.90 Å². The van der Waals surface area contributed by atoms with E-state index in [1.165, 1.54) is 24.3 Å². The highest BCUT2D eigenvalue weighted by Gasteiger charge is 2.28. The summed E-state index contributed by atoms with van der Waals surface area (Å²) in [5.41, 5.74) is 1.27. The van der Waals surface area contributed by atoms with Crippen LogP contribution >= 0.6 is 0 Å². The maximum absolute atomic E-state index is 12.6. The Balaban J connectivity index is 1.41. The van der Waals surface area contributed by atoms with Crippen molar-refractivity contribution in [3.63, 3.8) is 0 Å². The number of nitro benzene ring substituents is 1. The Morgan fingerprint density at radius 2 is 1.89 bits per heavy atom. The van der Waals surface area contributed by atoms with Crippen molar-refractivity contribution < 1.29 is 14.5 Å². The second kappa shape index (κ2) is 7.03. The third-order valence-corrected chi connectivity index (χ3v) is 4.62. The lowest BCUT2D eigenvalue weighted by Crippen LogP contribution is -2.31. The monoisotopic (exact) mass is 363 g/mol. The molecule has 0 N–H and O–H groups in total. The van der Waals surface area contributed by atoms with Gasteiger partial charge in [-0.05, 0) is 24.3 Å². The lowest BCUT2D eigenvalue weighted by Gasteiger charge is -2.17. The number of amides is 1. The topological polar surface area (TPSA) is 85.6 Å². The van der Waals surface area contributed by atoms with E-state index >= 15 is 0 Å². The second-order valence-electron chi connectivity index (χ2n) is 6.43. The zero-order chi connectivity index (χ0) is 18.8. The summed E-state index contributed by atoms with van der Waals surface area (Å²) in [6.45, 7) is 1.04. The molecular formula is C20H17N3O4. The van der Waals surface area contributed by atoms with E-state index in [4.69, 9.17) is 4.74 Å². The van der Waals surface area contributed by atoms with Gasteiger partial charge < -0.3 is 9.64 Å². The normalized spacial score (nSPS) is 16.4. The summed E-state index contributed by atoms with van der Waals surface area (Å²) in [5.74, 6) is 0.394. The van der Waals surface area contributed by atoms with Gasteiger partial charge in [0.1, 0.15) is 6.10 Å². The van der Waals surface area contributed by atoms with Gasteiger partial charge in [0.2, 0.25) is 5.88 Å². The van der Waals surface area contributed by atoms with Gasteiger partial charge in [-0.1, -0.05) is 18.2 Å². The molecule has 1 aliphatic heterocycles. The number of carbonyl (C=O) groups is 1. The highest BCUT2D eigenvalue weighted by Crippen LogP contribution is 2.22. The molecule has 1 amide bonds. The summed E-state index contributed by atoms with van der Waals surface area (Å²) in [5, 5.41) is 11.8. The van der Waals surface area contributed by atoms with Crippen molar-refractivity contribution in [2.45, 2.75) is 12.5 Å². The Labute approximate surface area is 155 Å². The number of fused-ring (bicyclic) bond motifs is 1. The first kappa shape index (κ1) is 17.0. The number of hydrogen-bond donors (Lipinski definition) is 0. The van der Waals surface area contributed by atoms with Gasteiger partial charge >= 0.3 is 0 Å². The summed E-state index contributed by atoms with van der Waals surface area (Å²) in [6.07, 6.45) is 0.591. The Hall–Kier alpha value is -3.48. The number of para-hydroxylation sites is 1. The van der Waals surface area contributed by atoms with Gasteiger partial charge in [-0.15, -0.1) is 0 Å². The number of rotatable bonds is 4. The summed E-state index contributed by atoms with van der Waals surface area (Å²) < 4.78 is 5.96. The predicted molar refractivity (Wildman–Crippen MR) is 99.8 cm³/mol. The van der Waals surface area contributed by atoms with Crippen molar-refractivity contribution in [3.8, 4) is 5.88 Å². The Morgan fingerprint density at radius 3 is 2.67 bits per heavy atom. The van der Waals surface area contributed by atoms with E-state index in [0.717, 1.165) is 10.9 Å². The van der Waals surface area contributed by atoms with E-state index in [2.05, 4.69) is 4.98 Å². The maximum atomic E-state index is 12.6. The third kappa shape index (κ3) is 3.57. The van der Waals surface area contributed by atoms with E-state index < -0.39 is 4.92 Å². The summed E-state index contributed by atoms with van der Waals surface area (Å²) in [4.78, 5) is 29.0. The molecule has 1 unspecified atom stereocenters. The Morgan fingerprint density at radius 1 is 1.11 bits per heavy atom. The smallest absolute Gasteiger partial charge is 0.269 e. The number of carbonyl (C=O) groups excluding carboxylic acids is 1. The fraction of sp³-hybridized carbons (Fsp3) is 0.200. The van der Waals surface area contributed by atoms with Crippen molar-refractivity contribution in [1.29, 1.82) is 0 Å². The van der Waals surface area contributed by atoms with E-state index in [0.29, 0.717) is 31.0 Å². The average molecular weight is 363 g/mol. The zero-order valence-electron chi connectivity index (χ0n) is 14.4. The molecule has 27 heavy (non-hydrogen) atoms. The predicted octanol–water partition coefficient (Wildman–Crippen LogP) is 3.44. The highest BCUT2D eigenvalue weighted by atomic mass is 16.6. The van der Waals surface area contributed by atoms with Gasteiger partial charge in [0.25, 0.3) is 11.6 Å². The van der Waals surface area contributed by atoms with Gasteiger partial charge in [-0.25, -0.2) is 4.98 Å². The number of nitrogens with zero attached hydrogens (tertiary/aromatic N) is 3. The van der Waals surface area contributed by atoms with Gasteiger partial charge in [-0.2, -0.15) is 0 Å². The van der Waals surface area contributed by atoms with Crippen molar-refractivity contribution in [2.24, 2.45) is 0 Å². The van der Waals surface area contributed by atoms with Crippen LogP contribution < -0.4 is 4.74 Å². The van der Waals surface area contributed by atoms with Crippen LogP contribution in [0, 0.1) is 10.1 Å². The number of ether oxygens (including phenoxy) is 1. The molecule has 1 aromatic heterocycles. The number of non-ortho nitro benzene ring substituents is 1. The molecule has 1 saturated heterocycles. The first-order valence-electron chi connectivity index (χ1n) is 8.66. The number of pyridine rings is 1. The molecule has 0 spiro atoms. The molecule has 2 heterocycles. The molecule has 0 saturated carbocycles. The van der Waals surface area contributed by atoms with Crippen LogP contribution in [0.4, 0.5) is 5.69 Å². The Kier molecular flexibility index (Phi) is 4.42. The fourth-order valence-corrected chi connectivity index (χ4v) is 3.20. The lowest BCUT2D eigenvalue weighted by atomic mass is 10.2. The van der Waals surface area contributed by atoms with Gasteiger partial charge in [0.05, 0.1) is 17.0 Å². The van der Waals surface area contributed by atoms with Crippen LogP contribution in [0.2, 0.25) is 0 Å². The van der Waals surface area contributed by atoms with E-state index in [-0.39, 0.29) is 17.7 Å². The second-order valence-corrected chi connectivity index (χ2v) is 6.43. The molecule has 1 aliphatic rings. The molecule has 0 aliphatic carbocycles. The average Bonchev–Trinajstić information content (AvgIpc) is 3.16. The molecule has 1 fully saturated rings. The number of hydrogen-bond acceptors (Lipinski definition) is 5. The minimum Gasteiger partial charge on any atom is -0.472 e. The van der Waals surface area contributed by atoms with Crippen LogP contribution in [0.15, 0.2) is 60.7 Å². The largest absolute Gasteiger partial charge is 0.472 e. The SMILES string of the molecule is O=C(c1ccc([N+](=O)[O-])cc1)N1CCC(Oc2ccc3ccccc3n2)C1. The molecule has 4 rings (SSSR count). The molecule has 136 valence electrons. The van der Waals surface area contributed by atoms with Crippen LogP contribution in [0.5, 0.6) is 5.88 Å². The summed E-state index contributed by atoms with van der Waals surface area (Å²) in [6, 6.07) is 17.3. The van der Waals surface area contributed by atoms with Gasteiger partial charge in [-0.3, -0.25) is 14.9 Å². The Bertz CT molecular complexity index is 1000. The molecule has 7 nitrogen and oxygen atoms in total. The minimum absolute atomic E-state index is 0.0310. The first-order chi connectivity index (χ1) is 13.1. The van der Waals surface area contributed by atoms with Crippen LogP contribution in [-0.4, -0.2) is 39.9 Å². The standard InChI is InChI=1S/C20H17N3O4/c24-20(15-5-8-16(9-6-15)23(25)26)22-12-11-17(13-22)27-19-10-7-14-3-1-2-4-18(14)21-19/h1-10,17H,11-13H2. The van der Waals surface area contributed by atoms with Crippen molar-refractivity contribution in [3.05, 3.63) is 76.3 Å². The van der Waals surface area contributed by atoms with Gasteiger partial charge in [0, 0.05) is 42.1 Å². The van der Waals surface area contributed by atoms with Crippen molar-refractivity contribution >= 4 is 22.5 Å². The van der Waals surface area contributed by atoms with Crippen LogP contribution in [0.1, 0.15) is 16.8 Å². The first-order valence-corrected chi connectivity index (χ1v) is 8.66. The van der Waals surface area contributed by atoms with Gasteiger partial charge in [0.15, 0.2) is 0 Å². The molecule has 0 bridgehead atoms. The third-order valence-electron chi connectivity index (χ3n) is 4.62. The number of nitro groups is 1. The van der Waals surface area contributed by atoms with Crippen molar-refractivity contribution in [2.75, 3.05) is 13.1 Å². The molecule has 2 aromatic carbocycles. The van der Waals surface area contributed by atoms with Crippen molar-refractivity contribution in [1.82, 2.24) is 9.88 Å². The molecule has 0 radical (unpaired) electrons. The van der Waals surface area contributed by atoms with E-state index in [9.17, 15) is 14.9 Å². The minimum atomic E-state index is -0.482. The molecular weight excluding hydrogens is 346 g/mol. The maximum Gasteiger partial charge on any atom is 0.269 e. The van der Waals surface area contributed by atoms with Crippen LogP contribution in [-0.2, 0) is 0 Å². The zero-order valence-corrected chi connectivity index (χ0v) is 14.4. The number of benzene rings is 2. The molecule has 1 atom stereocenters. The highest BCUT2D eigenvalue weighted by molar-refractivity contribution is 5.94. The number of likely N-dealkylation sites (tertiary alicyclic amines) is 1. The van der Waals surface area contributed by atoms with E-state index in [1.807, 2.05) is 36.4 Å². The fourth-order valence-electron chi connectivity index (χ4n) is 3.20. The van der Waals surface area contributed by atoms with Crippen LogP contribution in [0.3, 0.4) is 0 Å². The summed E-state index contributed by atoms with van der Waals surface area (Å²) in [7, 11) is 0.